The Balaban J connectivity index is 2.26. The third-order valence-corrected chi connectivity index (χ3v) is 3.68. The summed E-state index contributed by atoms with van der Waals surface area (Å²) < 4.78 is 1.60. The second kappa shape index (κ2) is 2.77. The van der Waals surface area contributed by atoms with E-state index >= 15 is 0 Å². The molecule has 1 aliphatic rings. The van der Waals surface area contributed by atoms with E-state index < -0.39 is 0 Å². The number of hydrogen-bond acceptors (Lipinski definition) is 1. The van der Waals surface area contributed by atoms with Crippen LogP contribution in [0, 0.1) is 0 Å². The van der Waals surface area contributed by atoms with Crippen molar-refractivity contribution < 1.29 is 0 Å². The lowest BCUT2D eigenvalue weighted by Crippen LogP contribution is -1.87. The van der Waals surface area contributed by atoms with Crippen LogP contribution in [0.4, 0.5) is 0 Å². The standard InChI is InChI=1S/C8H7PS/c1-2-4-7(5-3-1)9-8-6-10-8/h1-5H,6H2. The zero-order valence-corrected chi connectivity index (χ0v) is 7.16. The molecule has 0 bridgehead atoms. The summed E-state index contributed by atoms with van der Waals surface area (Å²) >= 11 is 1.97. The van der Waals surface area contributed by atoms with E-state index in [1.165, 1.54) is 19.3 Å². The predicted molar refractivity (Wildman–Crippen MR) is 50.5 cm³/mol. The molecule has 0 N–H and O–H groups in total. The minimum absolute atomic E-state index is 1.27. The van der Waals surface area contributed by atoms with Gasteiger partial charge >= 0.3 is 0 Å². The summed E-state index contributed by atoms with van der Waals surface area (Å²) in [4.78, 5) is 0. The van der Waals surface area contributed by atoms with Crippen LogP contribution in [0.3, 0.4) is 0 Å². The van der Waals surface area contributed by atoms with E-state index in [2.05, 4.69) is 30.3 Å². The predicted octanol–water partition coefficient (Wildman–Crippen LogP) is 2.13. The average Bonchev–Trinajstić information content (AvgIpc) is 2.74. The highest BCUT2D eigenvalue weighted by Crippen LogP contribution is 2.28. The van der Waals surface area contributed by atoms with Crippen molar-refractivity contribution in [1.82, 2.24) is 0 Å². The zero-order chi connectivity index (χ0) is 6.81. The molecule has 0 atom stereocenters. The van der Waals surface area contributed by atoms with Gasteiger partial charge in [-0.2, -0.15) is 0 Å². The molecule has 1 fully saturated rings. The Morgan fingerprint density at radius 3 is 2.50 bits per heavy atom. The van der Waals surface area contributed by atoms with Gasteiger partial charge in [-0.3, -0.25) is 0 Å². The van der Waals surface area contributed by atoms with Crippen molar-refractivity contribution in [2.24, 2.45) is 0 Å². The van der Waals surface area contributed by atoms with Crippen LogP contribution in [0.5, 0.6) is 0 Å². The molecule has 1 aliphatic heterocycles. The van der Waals surface area contributed by atoms with E-state index in [0.717, 1.165) is 0 Å². The number of benzene rings is 1. The lowest BCUT2D eigenvalue weighted by atomic mass is 10.4. The van der Waals surface area contributed by atoms with Crippen LogP contribution in [0.25, 0.3) is 0 Å². The van der Waals surface area contributed by atoms with Crippen molar-refractivity contribution in [1.29, 1.82) is 0 Å². The molecule has 0 aromatic heterocycles. The number of thioether (sulfide) groups is 1. The van der Waals surface area contributed by atoms with Crippen LogP contribution in [-0.2, 0) is 0 Å². The van der Waals surface area contributed by atoms with E-state index in [1.807, 2.05) is 11.8 Å². The van der Waals surface area contributed by atoms with Crippen LogP contribution in [-0.4, -0.2) is 10.4 Å². The Bertz CT molecular complexity index is 247. The molecule has 0 amide bonds. The topological polar surface area (TPSA) is 0 Å². The third kappa shape index (κ3) is 1.62. The largest absolute Gasteiger partial charge is 0.119 e. The Labute approximate surface area is 66.5 Å². The Kier molecular flexibility index (Phi) is 1.79. The van der Waals surface area contributed by atoms with Crippen molar-refractivity contribution in [3.63, 3.8) is 0 Å². The van der Waals surface area contributed by atoms with Gasteiger partial charge in [-0.1, -0.05) is 38.5 Å². The lowest BCUT2D eigenvalue weighted by molar-refractivity contribution is 1.78. The van der Waals surface area contributed by atoms with Gasteiger partial charge in [0.05, 0.1) is 0 Å². The fourth-order valence-electron chi connectivity index (χ4n) is 0.743. The molecule has 1 heterocycles. The van der Waals surface area contributed by atoms with Gasteiger partial charge in [-0.25, -0.2) is 0 Å². The minimum atomic E-state index is 1.27. The van der Waals surface area contributed by atoms with Gasteiger partial charge in [0.15, 0.2) is 0 Å². The van der Waals surface area contributed by atoms with Crippen molar-refractivity contribution >= 4 is 29.9 Å². The highest BCUT2D eigenvalue weighted by Gasteiger charge is 2.11. The minimum Gasteiger partial charge on any atom is -0.119 e. The van der Waals surface area contributed by atoms with Gasteiger partial charge in [0.2, 0.25) is 0 Å². The maximum Gasteiger partial charge on any atom is 0.0336 e. The van der Waals surface area contributed by atoms with Crippen molar-refractivity contribution in [3.05, 3.63) is 30.3 Å². The van der Waals surface area contributed by atoms with Crippen molar-refractivity contribution in [2.75, 3.05) is 5.75 Å². The molecule has 0 saturated carbocycles. The number of rotatable bonds is 1. The fraction of sp³-hybridized carbons (Fsp3) is 0.125. The molecule has 1 aromatic carbocycles. The summed E-state index contributed by atoms with van der Waals surface area (Å²) in [5, 5.41) is 1.42. The normalized spacial score (nSPS) is 19.4. The first kappa shape index (κ1) is 6.45. The van der Waals surface area contributed by atoms with Gasteiger partial charge in [-0.05, 0) is 0 Å². The maximum absolute atomic E-state index is 2.17. The van der Waals surface area contributed by atoms with E-state index in [9.17, 15) is 0 Å². The Morgan fingerprint density at radius 1 is 1.20 bits per heavy atom. The van der Waals surface area contributed by atoms with E-state index in [0.29, 0.717) is 0 Å². The molecule has 0 nitrogen and oxygen atoms in total. The molecular weight excluding hydrogens is 159 g/mol. The van der Waals surface area contributed by atoms with Crippen LogP contribution in [0.2, 0.25) is 0 Å². The highest BCUT2D eigenvalue weighted by atomic mass is 32.2. The van der Waals surface area contributed by atoms with E-state index in [4.69, 9.17) is 0 Å². The lowest BCUT2D eigenvalue weighted by Gasteiger charge is -1.86. The molecular formula is C8H7PS. The van der Waals surface area contributed by atoms with Crippen molar-refractivity contribution in [2.45, 2.75) is 0 Å². The van der Waals surface area contributed by atoms with Gasteiger partial charge < -0.3 is 0 Å². The second-order valence-electron chi connectivity index (χ2n) is 2.13. The summed E-state index contributed by atoms with van der Waals surface area (Å²) in [7, 11) is 1.42. The summed E-state index contributed by atoms with van der Waals surface area (Å²) in [6.45, 7) is 0. The van der Waals surface area contributed by atoms with Gasteiger partial charge in [-0.15, -0.1) is 11.8 Å². The fourth-order valence-corrected chi connectivity index (χ4v) is 2.44. The first-order valence-corrected chi connectivity index (χ1v) is 5.08. The van der Waals surface area contributed by atoms with Gasteiger partial charge in [0.25, 0.3) is 0 Å². The van der Waals surface area contributed by atoms with Crippen molar-refractivity contribution in [3.8, 4) is 0 Å². The molecule has 1 saturated heterocycles. The first-order valence-electron chi connectivity index (χ1n) is 3.20. The van der Waals surface area contributed by atoms with Crippen LogP contribution < -0.4 is 5.30 Å². The zero-order valence-electron chi connectivity index (χ0n) is 5.45. The SMILES string of the molecule is c1ccc(P=C2CS2)cc1. The molecule has 0 radical (unpaired) electrons. The summed E-state index contributed by atoms with van der Waals surface area (Å²) in [5.41, 5.74) is 0. The quantitative estimate of drug-likeness (QED) is 0.455. The molecule has 0 aliphatic carbocycles. The van der Waals surface area contributed by atoms with E-state index in [1.54, 1.807) is 4.63 Å². The van der Waals surface area contributed by atoms with E-state index in [-0.39, 0.29) is 0 Å². The average molecular weight is 166 g/mol. The Hall–Kier alpha value is -0.260. The molecule has 50 valence electrons. The van der Waals surface area contributed by atoms with Crippen LogP contribution in [0.1, 0.15) is 0 Å². The van der Waals surface area contributed by atoms with Crippen LogP contribution >= 0.6 is 20.0 Å². The first-order chi connectivity index (χ1) is 4.95. The highest BCUT2D eigenvalue weighted by molar-refractivity contribution is 8.30. The monoisotopic (exact) mass is 166 g/mol. The summed E-state index contributed by atoms with van der Waals surface area (Å²) in [6.07, 6.45) is 0. The second-order valence-corrected chi connectivity index (χ2v) is 4.78. The molecule has 2 heteroatoms. The summed E-state index contributed by atoms with van der Waals surface area (Å²) in [5.74, 6) is 1.27. The third-order valence-electron chi connectivity index (χ3n) is 1.28. The number of hydrogen-bond donors (Lipinski definition) is 0. The molecule has 0 unspecified atom stereocenters. The smallest absolute Gasteiger partial charge is 0.0336 e. The Morgan fingerprint density at radius 2 is 1.90 bits per heavy atom. The van der Waals surface area contributed by atoms with Gasteiger partial charge in [0, 0.05) is 15.7 Å². The van der Waals surface area contributed by atoms with Crippen LogP contribution in [0.15, 0.2) is 30.3 Å². The summed E-state index contributed by atoms with van der Waals surface area (Å²) in [6, 6.07) is 10.6. The molecule has 1 aromatic rings. The maximum atomic E-state index is 2.17. The molecule has 10 heavy (non-hydrogen) atoms. The molecule has 2 rings (SSSR count). The van der Waals surface area contributed by atoms with Gasteiger partial charge in [0.1, 0.15) is 0 Å². The molecule has 0 spiro atoms.